The minimum Gasteiger partial charge on any atom is -0.387 e. The van der Waals surface area contributed by atoms with E-state index in [1.807, 2.05) is 11.8 Å². The van der Waals surface area contributed by atoms with Crippen molar-refractivity contribution >= 4 is 9.84 Å². The van der Waals surface area contributed by atoms with Gasteiger partial charge in [0, 0.05) is 12.6 Å². The van der Waals surface area contributed by atoms with Crippen LogP contribution in [0.15, 0.2) is 18.2 Å². The Hall–Kier alpha value is -1.05. The average Bonchev–Trinajstić information content (AvgIpc) is 2.83. The molecule has 1 aromatic rings. The molecule has 23 heavy (non-hydrogen) atoms. The minimum absolute atomic E-state index is 0.0258. The molecule has 130 valence electrons. The Morgan fingerprint density at radius 3 is 2.52 bits per heavy atom. The Morgan fingerprint density at radius 1 is 1.35 bits per heavy atom. The second kappa shape index (κ2) is 7.68. The zero-order chi connectivity index (χ0) is 17.0. The van der Waals surface area contributed by atoms with Gasteiger partial charge in [-0.25, -0.2) is 17.2 Å². The number of unbranched alkanes of at least 4 members (excludes halogenated alkanes) is 1. The van der Waals surface area contributed by atoms with Gasteiger partial charge in [0.1, 0.15) is 11.6 Å². The van der Waals surface area contributed by atoms with Gasteiger partial charge in [-0.2, -0.15) is 0 Å². The fourth-order valence-electron chi connectivity index (χ4n) is 2.99. The lowest BCUT2D eigenvalue weighted by Crippen LogP contribution is -2.40. The van der Waals surface area contributed by atoms with E-state index in [9.17, 15) is 22.3 Å². The van der Waals surface area contributed by atoms with Crippen molar-refractivity contribution in [3.63, 3.8) is 0 Å². The van der Waals surface area contributed by atoms with E-state index < -0.39 is 27.6 Å². The number of aliphatic hydroxyl groups excluding tert-OH is 1. The molecule has 0 spiro atoms. The maximum atomic E-state index is 13.8. The molecule has 1 heterocycles. The van der Waals surface area contributed by atoms with E-state index in [-0.39, 0.29) is 29.7 Å². The predicted molar refractivity (Wildman–Crippen MR) is 84.9 cm³/mol. The molecule has 2 rings (SSSR count). The molecule has 0 saturated carbocycles. The van der Waals surface area contributed by atoms with Gasteiger partial charge in [0.05, 0.1) is 23.2 Å². The zero-order valence-corrected chi connectivity index (χ0v) is 14.0. The Bertz CT molecular complexity index is 616. The molecule has 1 aliphatic rings. The molecule has 1 N–H and O–H groups in total. The van der Waals surface area contributed by atoms with Gasteiger partial charge in [-0.1, -0.05) is 19.4 Å². The van der Waals surface area contributed by atoms with Crippen LogP contribution in [0.4, 0.5) is 8.78 Å². The number of hydrogen-bond acceptors (Lipinski definition) is 4. The van der Waals surface area contributed by atoms with Gasteiger partial charge in [-0.05, 0) is 31.5 Å². The molecule has 0 radical (unpaired) electrons. The number of sulfone groups is 1. The summed E-state index contributed by atoms with van der Waals surface area (Å²) in [6, 6.07) is 3.27. The van der Waals surface area contributed by atoms with Crippen molar-refractivity contribution in [2.45, 2.75) is 38.3 Å². The standard InChI is InChI=1S/C16H23F2NO3S/c1-2-3-8-19(12-7-9-23(21,22)11-12)10-15(20)16-13(17)5-4-6-14(16)18/h4-6,12,15,20H,2-3,7-11H2,1H3. The highest BCUT2D eigenvalue weighted by molar-refractivity contribution is 7.91. The molecule has 2 atom stereocenters. The molecule has 1 aromatic carbocycles. The minimum atomic E-state index is -3.05. The third-order valence-corrected chi connectivity index (χ3v) is 6.01. The summed E-state index contributed by atoms with van der Waals surface area (Å²) >= 11 is 0. The fourth-order valence-corrected chi connectivity index (χ4v) is 4.75. The van der Waals surface area contributed by atoms with E-state index in [2.05, 4.69) is 0 Å². The molecule has 1 aliphatic heterocycles. The van der Waals surface area contributed by atoms with Gasteiger partial charge >= 0.3 is 0 Å². The Balaban J connectivity index is 2.14. The van der Waals surface area contributed by atoms with Crippen molar-refractivity contribution in [3.05, 3.63) is 35.4 Å². The van der Waals surface area contributed by atoms with E-state index in [1.165, 1.54) is 6.07 Å². The number of benzene rings is 1. The SMILES string of the molecule is CCCCN(CC(O)c1c(F)cccc1F)C1CCS(=O)(=O)C1. The number of aliphatic hydroxyl groups is 1. The average molecular weight is 347 g/mol. The predicted octanol–water partition coefficient (Wildman–Crippen LogP) is 2.29. The molecule has 0 aliphatic carbocycles. The summed E-state index contributed by atoms with van der Waals surface area (Å²) in [5, 5.41) is 10.3. The normalized spacial score (nSPS) is 21.7. The van der Waals surface area contributed by atoms with Gasteiger partial charge < -0.3 is 5.11 Å². The summed E-state index contributed by atoms with van der Waals surface area (Å²) < 4.78 is 50.9. The van der Waals surface area contributed by atoms with E-state index >= 15 is 0 Å². The highest BCUT2D eigenvalue weighted by atomic mass is 32.2. The van der Waals surface area contributed by atoms with Crippen molar-refractivity contribution in [2.24, 2.45) is 0 Å². The van der Waals surface area contributed by atoms with E-state index in [4.69, 9.17) is 0 Å². The lowest BCUT2D eigenvalue weighted by atomic mass is 10.1. The summed E-state index contributed by atoms with van der Waals surface area (Å²) in [7, 11) is -3.05. The van der Waals surface area contributed by atoms with E-state index in [1.54, 1.807) is 0 Å². The molecule has 1 saturated heterocycles. The van der Waals surface area contributed by atoms with Crippen LogP contribution >= 0.6 is 0 Å². The quantitative estimate of drug-likeness (QED) is 0.822. The number of rotatable bonds is 7. The summed E-state index contributed by atoms with van der Waals surface area (Å²) in [6.07, 6.45) is 0.929. The second-order valence-corrected chi connectivity index (χ2v) is 8.29. The van der Waals surface area contributed by atoms with Crippen LogP contribution in [0.1, 0.15) is 37.9 Å². The molecule has 0 bridgehead atoms. The van der Waals surface area contributed by atoms with Crippen molar-refractivity contribution in [1.82, 2.24) is 4.90 Å². The molecule has 7 heteroatoms. The number of halogens is 2. The molecular formula is C16H23F2NO3S. The maximum Gasteiger partial charge on any atom is 0.151 e. The van der Waals surface area contributed by atoms with Crippen LogP contribution in [0.5, 0.6) is 0 Å². The number of nitrogens with zero attached hydrogens (tertiary/aromatic N) is 1. The maximum absolute atomic E-state index is 13.8. The van der Waals surface area contributed by atoms with Gasteiger partial charge in [-0.15, -0.1) is 0 Å². The summed E-state index contributed by atoms with van der Waals surface area (Å²) in [6.45, 7) is 2.64. The van der Waals surface area contributed by atoms with Gasteiger partial charge in [-0.3, -0.25) is 4.90 Å². The van der Waals surface area contributed by atoms with Gasteiger partial charge in [0.2, 0.25) is 0 Å². The Labute approximate surface area is 136 Å². The van der Waals surface area contributed by atoms with Crippen molar-refractivity contribution in [2.75, 3.05) is 24.6 Å². The van der Waals surface area contributed by atoms with Crippen LogP contribution in [-0.2, 0) is 9.84 Å². The largest absolute Gasteiger partial charge is 0.387 e. The van der Waals surface area contributed by atoms with Crippen LogP contribution < -0.4 is 0 Å². The van der Waals surface area contributed by atoms with Crippen LogP contribution in [0.2, 0.25) is 0 Å². The van der Waals surface area contributed by atoms with Crippen molar-refractivity contribution in [1.29, 1.82) is 0 Å². The smallest absolute Gasteiger partial charge is 0.151 e. The van der Waals surface area contributed by atoms with Gasteiger partial charge in [0.15, 0.2) is 9.84 Å². The first-order valence-electron chi connectivity index (χ1n) is 7.90. The van der Waals surface area contributed by atoms with Gasteiger partial charge in [0.25, 0.3) is 0 Å². The molecule has 0 amide bonds. The monoisotopic (exact) mass is 347 g/mol. The molecular weight excluding hydrogens is 324 g/mol. The van der Waals surface area contributed by atoms with Crippen molar-refractivity contribution in [3.8, 4) is 0 Å². The molecule has 1 fully saturated rings. The lowest BCUT2D eigenvalue weighted by Gasteiger charge is -2.30. The topological polar surface area (TPSA) is 57.6 Å². The third kappa shape index (κ3) is 4.71. The highest BCUT2D eigenvalue weighted by Gasteiger charge is 2.33. The molecule has 2 unspecified atom stereocenters. The third-order valence-electron chi connectivity index (χ3n) is 4.26. The summed E-state index contributed by atoms with van der Waals surface area (Å²) in [5.74, 6) is -1.40. The number of hydrogen-bond donors (Lipinski definition) is 1. The lowest BCUT2D eigenvalue weighted by molar-refractivity contribution is 0.0865. The summed E-state index contributed by atoms with van der Waals surface area (Å²) in [4.78, 5) is 1.85. The Morgan fingerprint density at radius 2 is 2.00 bits per heavy atom. The zero-order valence-electron chi connectivity index (χ0n) is 13.2. The van der Waals surface area contributed by atoms with Crippen LogP contribution in [-0.4, -0.2) is 49.1 Å². The van der Waals surface area contributed by atoms with Crippen molar-refractivity contribution < 1.29 is 22.3 Å². The van der Waals surface area contributed by atoms with E-state index in [0.29, 0.717) is 13.0 Å². The second-order valence-electron chi connectivity index (χ2n) is 6.06. The first kappa shape index (κ1) is 18.3. The van der Waals surface area contributed by atoms with Crippen LogP contribution in [0.25, 0.3) is 0 Å². The summed E-state index contributed by atoms with van der Waals surface area (Å²) in [5.41, 5.74) is -0.352. The van der Waals surface area contributed by atoms with Crippen LogP contribution in [0.3, 0.4) is 0 Å². The first-order chi connectivity index (χ1) is 10.8. The first-order valence-corrected chi connectivity index (χ1v) is 9.72. The van der Waals surface area contributed by atoms with E-state index in [0.717, 1.165) is 25.0 Å². The molecule has 0 aromatic heterocycles. The Kier molecular flexibility index (Phi) is 6.11. The fraction of sp³-hybridized carbons (Fsp3) is 0.625. The molecule has 4 nitrogen and oxygen atoms in total. The van der Waals surface area contributed by atoms with Crippen LogP contribution in [0, 0.1) is 11.6 Å². The highest BCUT2D eigenvalue weighted by Crippen LogP contribution is 2.25.